The highest BCUT2D eigenvalue weighted by molar-refractivity contribution is 5.94. The van der Waals surface area contributed by atoms with E-state index in [1.54, 1.807) is 18.2 Å². The Kier molecular flexibility index (Phi) is 9.34. The van der Waals surface area contributed by atoms with Gasteiger partial charge in [0.05, 0.1) is 6.42 Å². The van der Waals surface area contributed by atoms with E-state index in [0.717, 1.165) is 35.5 Å². The number of carbonyl (C=O) groups excluding carboxylic acids is 3. The van der Waals surface area contributed by atoms with E-state index in [9.17, 15) is 14.4 Å². The molecule has 0 saturated carbocycles. The number of nitrogens with two attached hydrogens (primary N) is 1. The highest BCUT2D eigenvalue weighted by Gasteiger charge is 2.24. The fraction of sp³-hybridized carbons (Fsp3) is 0.300. The zero-order chi connectivity index (χ0) is 26.7. The highest BCUT2D eigenvalue weighted by atomic mass is 16.5. The minimum Gasteiger partial charge on any atom is -0.490 e. The maximum absolute atomic E-state index is 12.9. The number of nitrogens with zero attached hydrogens (tertiary/aromatic N) is 1. The second-order valence-electron chi connectivity index (χ2n) is 9.29. The van der Waals surface area contributed by atoms with Crippen molar-refractivity contribution in [3.8, 4) is 11.5 Å². The van der Waals surface area contributed by atoms with E-state index in [1.165, 1.54) is 0 Å². The van der Waals surface area contributed by atoms with Crippen LogP contribution in [0, 0.1) is 0 Å². The van der Waals surface area contributed by atoms with Crippen LogP contribution in [0.3, 0.4) is 0 Å². The number of ether oxygens (including phenoxy) is 2. The van der Waals surface area contributed by atoms with E-state index in [1.807, 2.05) is 65.6 Å². The van der Waals surface area contributed by atoms with Crippen LogP contribution >= 0.6 is 0 Å². The number of rotatable bonds is 11. The van der Waals surface area contributed by atoms with Crippen LogP contribution in [-0.2, 0) is 22.6 Å². The number of likely N-dealkylation sites (tertiary alicyclic amines) is 1. The van der Waals surface area contributed by atoms with E-state index in [4.69, 9.17) is 15.2 Å². The molecule has 0 bridgehead atoms. The summed E-state index contributed by atoms with van der Waals surface area (Å²) >= 11 is 0. The third kappa shape index (κ3) is 8.09. The molecule has 38 heavy (non-hydrogen) atoms. The minimum atomic E-state index is -0.471. The molecular formula is C30H33N3O5. The van der Waals surface area contributed by atoms with Crippen LogP contribution in [0.4, 0.5) is 0 Å². The lowest BCUT2D eigenvalue weighted by Gasteiger charge is -2.32. The third-order valence-electron chi connectivity index (χ3n) is 6.37. The maximum Gasteiger partial charge on any atom is 0.251 e. The smallest absolute Gasteiger partial charge is 0.251 e. The van der Waals surface area contributed by atoms with Gasteiger partial charge in [-0.05, 0) is 47.5 Å². The normalized spacial score (nSPS) is 13.5. The van der Waals surface area contributed by atoms with Gasteiger partial charge in [-0.25, -0.2) is 0 Å². The largest absolute Gasteiger partial charge is 0.490 e. The molecule has 198 valence electrons. The monoisotopic (exact) mass is 515 g/mol. The fourth-order valence-electron chi connectivity index (χ4n) is 4.28. The summed E-state index contributed by atoms with van der Waals surface area (Å²) in [5, 5.41) is 2.66. The molecule has 3 N–H and O–H groups in total. The summed E-state index contributed by atoms with van der Waals surface area (Å²) < 4.78 is 12.0. The van der Waals surface area contributed by atoms with Gasteiger partial charge in [0, 0.05) is 44.5 Å². The minimum absolute atomic E-state index is 0.0228. The molecular weight excluding hydrogens is 482 g/mol. The van der Waals surface area contributed by atoms with E-state index in [-0.39, 0.29) is 37.3 Å². The highest BCUT2D eigenvalue weighted by Crippen LogP contribution is 2.23. The Bertz CT molecular complexity index is 1220. The average molecular weight is 516 g/mol. The molecule has 0 spiro atoms. The van der Waals surface area contributed by atoms with Crippen LogP contribution in [0.1, 0.15) is 40.7 Å². The molecule has 3 aromatic rings. The number of piperidine rings is 1. The first-order valence-corrected chi connectivity index (χ1v) is 12.8. The molecule has 8 heteroatoms. The van der Waals surface area contributed by atoms with Crippen LogP contribution in [0.25, 0.3) is 0 Å². The predicted octanol–water partition coefficient (Wildman–Crippen LogP) is 3.48. The topological polar surface area (TPSA) is 111 Å². The van der Waals surface area contributed by atoms with Gasteiger partial charge in [0.25, 0.3) is 5.91 Å². The summed E-state index contributed by atoms with van der Waals surface area (Å²) in [6.07, 6.45) is 1.85. The van der Waals surface area contributed by atoms with Gasteiger partial charge in [-0.3, -0.25) is 14.4 Å². The Balaban J connectivity index is 1.20. The lowest BCUT2D eigenvalue weighted by Crippen LogP contribution is -2.42. The molecule has 1 saturated heterocycles. The van der Waals surface area contributed by atoms with Gasteiger partial charge < -0.3 is 25.4 Å². The second-order valence-corrected chi connectivity index (χ2v) is 9.29. The molecule has 0 radical (unpaired) electrons. The number of hydrogen-bond acceptors (Lipinski definition) is 5. The quantitative estimate of drug-likeness (QED) is 0.406. The zero-order valence-electron chi connectivity index (χ0n) is 21.3. The fourth-order valence-corrected chi connectivity index (χ4v) is 4.28. The van der Waals surface area contributed by atoms with Crippen LogP contribution in [0.2, 0.25) is 0 Å². The van der Waals surface area contributed by atoms with Crippen LogP contribution in [0.5, 0.6) is 11.5 Å². The van der Waals surface area contributed by atoms with Gasteiger partial charge in [0.2, 0.25) is 11.8 Å². The van der Waals surface area contributed by atoms with Crippen molar-refractivity contribution < 1.29 is 23.9 Å². The van der Waals surface area contributed by atoms with Crippen molar-refractivity contribution in [2.24, 2.45) is 5.73 Å². The van der Waals surface area contributed by atoms with E-state index < -0.39 is 5.91 Å². The first-order valence-electron chi connectivity index (χ1n) is 12.8. The van der Waals surface area contributed by atoms with Crippen LogP contribution < -0.4 is 20.5 Å². The summed E-state index contributed by atoms with van der Waals surface area (Å²) in [5.41, 5.74) is 7.43. The van der Waals surface area contributed by atoms with Crippen molar-refractivity contribution in [1.82, 2.24) is 10.2 Å². The van der Waals surface area contributed by atoms with Crippen molar-refractivity contribution in [2.75, 3.05) is 19.6 Å². The Morgan fingerprint density at radius 3 is 2.26 bits per heavy atom. The van der Waals surface area contributed by atoms with E-state index in [2.05, 4.69) is 5.32 Å². The lowest BCUT2D eigenvalue weighted by molar-refractivity contribution is -0.132. The summed E-state index contributed by atoms with van der Waals surface area (Å²) in [6.45, 7) is 1.94. The van der Waals surface area contributed by atoms with Crippen molar-refractivity contribution >= 4 is 17.7 Å². The standard InChI is InChI=1S/C30H33N3O5/c31-28(34)13-16-32-30(36)24-8-4-7-23(19-24)20-29(35)33-17-14-27(15-18-33)38-26-11-9-25(10-12-26)37-21-22-5-2-1-3-6-22/h1-12,19,27H,13-18,20-21H2,(H2,31,34)(H,32,36). The lowest BCUT2D eigenvalue weighted by atomic mass is 10.0. The van der Waals surface area contributed by atoms with Gasteiger partial charge in [0.1, 0.15) is 24.2 Å². The molecule has 4 rings (SSSR count). The number of primary amides is 1. The summed E-state index contributed by atoms with van der Waals surface area (Å²) in [5.74, 6) is 0.825. The molecule has 1 aliphatic rings. The molecule has 1 aliphatic heterocycles. The molecule has 1 fully saturated rings. The van der Waals surface area contributed by atoms with Gasteiger partial charge >= 0.3 is 0 Å². The second kappa shape index (κ2) is 13.3. The van der Waals surface area contributed by atoms with Crippen molar-refractivity contribution in [3.05, 3.63) is 95.6 Å². The molecule has 8 nitrogen and oxygen atoms in total. The Labute approximate surface area is 222 Å². The SMILES string of the molecule is NC(=O)CCNC(=O)c1cccc(CC(=O)N2CCC(Oc3ccc(OCc4ccccc4)cc3)CC2)c1. The predicted molar refractivity (Wildman–Crippen MR) is 144 cm³/mol. The number of amides is 3. The Hall–Kier alpha value is -4.33. The van der Waals surface area contributed by atoms with Gasteiger partial charge in [0.15, 0.2) is 0 Å². The first kappa shape index (κ1) is 26.7. The number of nitrogens with one attached hydrogen (secondary N) is 1. The van der Waals surface area contributed by atoms with Gasteiger partial charge in [-0.2, -0.15) is 0 Å². The van der Waals surface area contributed by atoms with Crippen LogP contribution in [0.15, 0.2) is 78.9 Å². The molecule has 0 atom stereocenters. The Morgan fingerprint density at radius 1 is 0.868 bits per heavy atom. The van der Waals surface area contributed by atoms with Gasteiger partial charge in [-0.15, -0.1) is 0 Å². The van der Waals surface area contributed by atoms with Crippen molar-refractivity contribution in [2.45, 2.75) is 38.4 Å². The molecule has 3 aromatic carbocycles. The van der Waals surface area contributed by atoms with E-state index >= 15 is 0 Å². The average Bonchev–Trinajstić information content (AvgIpc) is 2.93. The summed E-state index contributed by atoms with van der Waals surface area (Å²) in [4.78, 5) is 37.9. The number of carbonyl (C=O) groups is 3. The molecule has 3 amide bonds. The van der Waals surface area contributed by atoms with Crippen molar-refractivity contribution in [3.63, 3.8) is 0 Å². The molecule has 0 aromatic heterocycles. The van der Waals surface area contributed by atoms with E-state index in [0.29, 0.717) is 25.3 Å². The maximum atomic E-state index is 12.9. The Morgan fingerprint density at radius 2 is 1.55 bits per heavy atom. The number of hydrogen-bond donors (Lipinski definition) is 2. The zero-order valence-corrected chi connectivity index (χ0v) is 21.3. The van der Waals surface area contributed by atoms with Crippen LogP contribution in [-0.4, -0.2) is 48.4 Å². The van der Waals surface area contributed by atoms with Gasteiger partial charge in [-0.1, -0.05) is 42.5 Å². The molecule has 0 aliphatic carbocycles. The third-order valence-corrected chi connectivity index (χ3v) is 6.37. The number of benzene rings is 3. The molecule has 1 heterocycles. The summed E-state index contributed by atoms with van der Waals surface area (Å²) in [7, 11) is 0. The van der Waals surface area contributed by atoms with Crippen molar-refractivity contribution in [1.29, 1.82) is 0 Å². The summed E-state index contributed by atoms with van der Waals surface area (Å²) in [6, 6.07) is 24.6. The molecule has 0 unspecified atom stereocenters. The first-order chi connectivity index (χ1) is 18.5.